The van der Waals surface area contributed by atoms with Gasteiger partial charge in [-0.3, -0.25) is 9.10 Å². The second-order valence-electron chi connectivity index (χ2n) is 7.82. The third kappa shape index (κ3) is 4.67. The molecule has 34 heavy (non-hydrogen) atoms. The highest BCUT2D eigenvalue weighted by Crippen LogP contribution is 2.22. The van der Waals surface area contributed by atoms with Crippen molar-refractivity contribution in [1.29, 1.82) is 0 Å². The highest BCUT2D eigenvalue weighted by Gasteiger charge is 2.22. The van der Waals surface area contributed by atoms with Gasteiger partial charge >= 0.3 is 0 Å². The van der Waals surface area contributed by atoms with Gasteiger partial charge in [0.25, 0.3) is 21.9 Å². The maximum Gasteiger partial charge on any atom is 0.264 e. The van der Waals surface area contributed by atoms with Crippen LogP contribution in [0.25, 0.3) is 5.95 Å². The minimum Gasteiger partial charge on any atom is -0.306 e. The molecule has 0 bridgehead atoms. The lowest BCUT2D eigenvalue weighted by molar-refractivity contribution is 0.102. The van der Waals surface area contributed by atoms with Crippen molar-refractivity contribution in [2.75, 3.05) is 16.7 Å². The summed E-state index contributed by atoms with van der Waals surface area (Å²) in [5, 5.41) is 7.21. The van der Waals surface area contributed by atoms with Crippen LogP contribution in [0.4, 0.5) is 11.5 Å². The minimum atomic E-state index is -3.77. The van der Waals surface area contributed by atoms with Gasteiger partial charge in [-0.25, -0.2) is 18.4 Å². The Labute approximate surface area is 198 Å². The molecular formula is C24H24N6O3S. The van der Waals surface area contributed by atoms with Crippen molar-refractivity contribution in [1.82, 2.24) is 19.7 Å². The Morgan fingerprint density at radius 3 is 2.12 bits per heavy atom. The zero-order valence-corrected chi connectivity index (χ0v) is 20.0. The second-order valence-corrected chi connectivity index (χ2v) is 9.79. The lowest BCUT2D eigenvalue weighted by Gasteiger charge is -2.19. The van der Waals surface area contributed by atoms with Gasteiger partial charge in [-0.05, 0) is 63.2 Å². The third-order valence-corrected chi connectivity index (χ3v) is 6.93. The average molecular weight is 477 g/mol. The van der Waals surface area contributed by atoms with E-state index in [0.29, 0.717) is 28.7 Å². The van der Waals surface area contributed by atoms with Crippen molar-refractivity contribution in [2.45, 2.75) is 25.7 Å². The number of sulfonamides is 1. The summed E-state index contributed by atoms with van der Waals surface area (Å²) in [7, 11) is -2.28. The van der Waals surface area contributed by atoms with E-state index in [1.54, 1.807) is 37.3 Å². The summed E-state index contributed by atoms with van der Waals surface area (Å²) in [6.45, 7) is 5.52. The largest absolute Gasteiger partial charge is 0.306 e. The molecule has 4 aromatic rings. The van der Waals surface area contributed by atoms with Crippen LogP contribution in [0.5, 0.6) is 0 Å². The summed E-state index contributed by atoms with van der Waals surface area (Å²) in [6, 6.07) is 18.1. The number of aryl methyl sites for hydroxylation is 3. The van der Waals surface area contributed by atoms with Gasteiger partial charge in [0.05, 0.1) is 16.3 Å². The van der Waals surface area contributed by atoms with Crippen molar-refractivity contribution >= 4 is 27.4 Å². The molecule has 9 nitrogen and oxygen atoms in total. The molecule has 0 unspecified atom stereocenters. The van der Waals surface area contributed by atoms with Gasteiger partial charge in [0.1, 0.15) is 5.82 Å². The number of para-hydroxylation sites is 1. The first-order valence-electron chi connectivity index (χ1n) is 10.5. The molecule has 2 aromatic carbocycles. The topological polar surface area (TPSA) is 110 Å². The zero-order chi connectivity index (χ0) is 24.5. The van der Waals surface area contributed by atoms with Crippen molar-refractivity contribution in [3.05, 3.63) is 89.4 Å². The Kier molecular flexibility index (Phi) is 6.16. The van der Waals surface area contributed by atoms with Crippen LogP contribution in [-0.4, -0.2) is 41.1 Å². The number of hydrogen-bond donors (Lipinski definition) is 1. The van der Waals surface area contributed by atoms with Gasteiger partial charge in [-0.15, -0.1) is 0 Å². The normalized spacial score (nSPS) is 11.3. The van der Waals surface area contributed by atoms with Crippen LogP contribution in [-0.2, 0) is 10.0 Å². The van der Waals surface area contributed by atoms with E-state index < -0.39 is 15.9 Å². The molecule has 0 atom stereocenters. The number of carbonyl (C=O) groups excluding carboxylic acids is 1. The van der Waals surface area contributed by atoms with E-state index in [2.05, 4.69) is 20.4 Å². The Morgan fingerprint density at radius 1 is 0.882 bits per heavy atom. The molecule has 0 saturated carbocycles. The van der Waals surface area contributed by atoms with Crippen LogP contribution >= 0.6 is 0 Å². The Balaban J connectivity index is 1.57. The van der Waals surface area contributed by atoms with E-state index >= 15 is 0 Å². The summed E-state index contributed by atoms with van der Waals surface area (Å²) < 4.78 is 28.6. The van der Waals surface area contributed by atoms with Gasteiger partial charge in [0, 0.05) is 30.1 Å². The van der Waals surface area contributed by atoms with E-state index in [1.807, 2.05) is 26.0 Å². The van der Waals surface area contributed by atoms with Gasteiger partial charge < -0.3 is 5.32 Å². The molecule has 0 aliphatic rings. The second kappa shape index (κ2) is 9.06. The lowest BCUT2D eigenvalue weighted by atomic mass is 10.2. The maximum atomic E-state index is 13.0. The van der Waals surface area contributed by atoms with Gasteiger partial charge in [-0.1, -0.05) is 18.2 Å². The van der Waals surface area contributed by atoms with Crippen molar-refractivity contribution in [3.63, 3.8) is 0 Å². The molecule has 2 aromatic heterocycles. The number of benzene rings is 2. The Hall–Kier alpha value is -4.05. The molecule has 10 heteroatoms. The molecule has 0 aliphatic heterocycles. The molecule has 2 heterocycles. The van der Waals surface area contributed by atoms with Gasteiger partial charge in [0.15, 0.2) is 0 Å². The predicted molar refractivity (Wildman–Crippen MR) is 130 cm³/mol. The van der Waals surface area contributed by atoms with E-state index in [0.717, 1.165) is 11.4 Å². The minimum absolute atomic E-state index is 0.0833. The van der Waals surface area contributed by atoms with E-state index in [1.165, 1.54) is 40.3 Å². The molecule has 0 saturated heterocycles. The number of anilines is 2. The van der Waals surface area contributed by atoms with E-state index in [4.69, 9.17) is 0 Å². The van der Waals surface area contributed by atoms with Gasteiger partial charge in [0.2, 0.25) is 0 Å². The highest BCUT2D eigenvalue weighted by molar-refractivity contribution is 7.92. The Bertz CT molecular complexity index is 1430. The molecule has 0 fully saturated rings. The number of rotatable bonds is 6. The first-order valence-corrected chi connectivity index (χ1v) is 11.9. The van der Waals surface area contributed by atoms with E-state index in [-0.39, 0.29) is 4.90 Å². The SMILES string of the molecule is Cc1cc(C)nc(-n2nc(C)cc2NC(=O)c2ccc(S(=O)(=O)N(C)c3ccccc3)cc2)n1. The summed E-state index contributed by atoms with van der Waals surface area (Å²) in [4.78, 5) is 21.8. The maximum absolute atomic E-state index is 13.0. The standard InChI is InChI=1S/C24H24N6O3S/c1-16-14-17(2)26-24(25-16)30-22(15-18(3)28-30)27-23(31)19-10-12-21(13-11-19)34(32,33)29(4)20-8-6-5-7-9-20/h5-15H,1-4H3,(H,27,31). The number of amides is 1. The van der Waals surface area contributed by atoms with Crippen LogP contribution in [0.2, 0.25) is 0 Å². The summed E-state index contributed by atoms with van der Waals surface area (Å²) >= 11 is 0. The Morgan fingerprint density at radius 2 is 1.50 bits per heavy atom. The predicted octanol–water partition coefficient (Wildman–Crippen LogP) is 3.66. The summed E-state index contributed by atoms with van der Waals surface area (Å²) in [5.41, 5.74) is 3.09. The molecule has 0 radical (unpaired) electrons. The zero-order valence-electron chi connectivity index (χ0n) is 19.2. The molecule has 0 aliphatic carbocycles. The van der Waals surface area contributed by atoms with Crippen LogP contribution in [0, 0.1) is 20.8 Å². The van der Waals surface area contributed by atoms with Crippen LogP contribution in [0.15, 0.2) is 71.6 Å². The number of nitrogens with one attached hydrogen (secondary N) is 1. The van der Waals surface area contributed by atoms with Crippen molar-refractivity contribution < 1.29 is 13.2 Å². The number of carbonyl (C=O) groups is 1. The molecule has 4 rings (SSSR count). The molecule has 1 N–H and O–H groups in total. The quantitative estimate of drug-likeness (QED) is 0.455. The smallest absolute Gasteiger partial charge is 0.264 e. The fourth-order valence-electron chi connectivity index (χ4n) is 3.44. The number of hydrogen-bond acceptors (Lipinski definition) is 6. The molecular weight excluding hydrogens is 452 g/mol. The van der Waals surface area contributed by atoms with E-state index in [9.17, 15) is 13.2 Å². The monoisotopic (exact) mass is 476 g/mol. The van der Waals surface area contributed by atoms with Crippen LogP contribution < -0.4 is 9.62 Å². The number of nitrogens with zero attached hydrogens (tertiary/aromatic N) is 5. The van der Waals surface area contributed by atoms with Crippen LogP contribution in [0.1, 0.15) is 27.4 Å². The summed E-state index contributed by atoms with van der Waals surface area (Å²) in [5.74, 6) is 0.352. The van der Waals surface area contributed by atoms with Crippen molar-refractivity contribution in [3.8, 4) is 5.95 Å². The number of aromatic nitrogens is 4. The molecule has 174 valence electrons. The lowest BCUT2D eigenvalue weighted by Crippen LogP contribution is -2.26. The third-order valence-electron chi connectivity index (χ3n) is 5.13. The van der Waals surface area contributed by atoms with Crippen LogP contribution in [0.3, 0.4) is 0 Å². The molecule has 0 spiro atoms. The summed E-state index contributed by atoms with van der Waals surface area (Å²) in [6.07, 6.45) is 0. The van der Waals surface area contributed by atoms with Crippen molar-refractivity contribution in [2.24, 2.45) is 0 Å². The fraction of sp³-hybridized carbons (Fsp3) is 0.167. The van der Waals surface area contributed by atoms with Gasteiger partial charge in [-0.2, -0.15) is 9.78 Å². The highest BCUT2D eigenvalue weighted by atomic mass is 32.2. The fourth-order valence-corrected chi connectivity index (χ4v) is 4.64. The molecule has 1 amide bonds. The first-order chi connectivity index (χ1) is 16.1. The average Bonchev–Trinajstić information content (AvgIpc) is 3.18. The first kappa shape index (κ1) is 23.1.